The number of ether oxygens (including phenoxy) is 1. The largest absolute Gasteiger partial charge is 0.573 e. The third-order valence-electron chi connectivity index (χ3n) is 6.10. The smallest absolute Gasteiger partial charge is 0.406 e. The summed E-state index contributed by atoms with van der Waals surface area (Å²) in [4.78, 5) is 10.5. The van der Waals surface area contributed by atoms with Gasteiger partial charge in [-0.15, -0.1) is 18.3 Å². The first-order valence-electron chi connectivity index (χ1n) is 12.9. The van der Waals surface area contributed by atoms with Crippen LogP contribution in [0.3, 0.4) is 0 Å². The summed E-state index contributed by atoms with van der Waals surface area (Å²) in [6, 6.07) is 21.2. The average Bonchev–Trinajstić information content (AvgIpc) is 3.28. The number of halogens is 3. The number of nitrogens with two attached hydrogens (primary N) is 1. The Hall–Kier alpha value is -4.12. The fraction of sp³-hybridized carbons (Fsp3) is 0.267. The predicted octanol–water partition coefficient (Wildman–Crippen LogP) is 7.28. The van der Waals surface area contributed by atoms with Gasteiger partial charge in [0.15, 0.2) is 5.17 Å². The topological polar surface area (TPSA) is 87.9 Å². The molecule has 1 heterocycles. The van der Waals surface area contributed by atoms with Crippen LogP contribution in [-0.4, -0.2) is 41.7 Å². The minimum atomic E-state index is -4.74. The van der Waals surface area contributed by atoms with Crippen LogP contribution in [0.5, 0.6) is 5.75 Å². The molecule has 41 heavy (non-hydrogen) atoms. The van der Waals surface area contributed by atoms with Crippen molar-refractivity contribution in [3.63, 3.8) is 0 Å². The average molecular weight is 581 g/mol. The van der Waals surface area contributed by atoms with Crippen molar-refractivity contribution in [2.24, 2.45) is 25.9 Å². The van der Waals surface area contributed by atoms with Gasteiger partial charge in [-0.2, -0.15) is 5.10 Å². The molecule has 4 rings (SSSR count). The van der Waals surface area contributed by atoms with Crippen LogP contribution in [-0.2, 0) is 5.41 Å². The van der Waals surface area contributed by atoms with Crippen LogP contribution in [0.4, 0.5) is 24.5 Å². The number of rotatable bonds is 7. The van der Waals surface area contributed by atoms with Crippen molar-refractivity contribution in [1.29, 1.82) is 0 Å². The normalized spacial score (nSPS) is 17.7. The van der Waals surface area contributed by atoms with Crippen LogP contribution < -0.4 is 15.4 Å². The maximum absolute atomic E-state index is 12.3. The third-order valence-corrected chi connectivity index (χ3v) is 7.29. The number of alkyl halides is 3. The second-order valence-electron chi connectivity index (χ2n) is 10.3. The quantitative estimate of drug-likeness (QED) is 0.181. The number of anilines is 1. The van der Waals surface area contributed by atoms with Gasteiger partial charge in [0.2, 0.25) is 0 Å². The lowest BCUT2D eigenvalue weighted by Crippen LogP contribution is -2.33. The highest BCUT2D eigenvalue weighted by molar-refractivity contribution is 8.14. The molecule has 1 atom stereocenters. The van der Waals surface area contributed by atoms with E-state index in [9.17, 15) is 13.2 Å². The van der Waals surface area contributed by atoms with Gasteiger partial charge in [0.1, 0.15) is 17.9 Å². The number of hydrogen-bond donors (Lipinski definition) is 1. The number of nitrogens with zero attached hydrogens (tertiary/aromatic N) is 5. The van der Waals surface area contributed by atoms with E-state index in [0.29, 0.717) is 17.3 Å². The monoisotopic (exact) mass is 580 g/mol. The molecule has 7 nitrogen and oxygen atoms in total. The molecule has 0 amide bonds. The second-order valence-corrected chi connectivity index (χ2v) is 11.3. The first-order valence-corrected chi connectivity index (χ1v) is 13.8. The summed E-state index contributed by atoms with van der Waals surface area (Å²) in [5, 5.41) is 9.76. The number of thioether (sulfide) groups is 1. The van der Waals surface area contributed by atoms with Crippen LogP contribution in [0, 0.1) is 0 Å². The maximum Gasteiger partial charge on any atom is 0.573 e. The van der Waals surface area contributed by atoms with Crippen LogP contribution in [0.1, 0.15) is 44.4 Å². The molecule has 11 heteroatoms. The van der Waals surface area contributed by atoms with E-state index in [1.807, 2.05) is 24.3 Å². The van der Waals surface area contributed by atoms with E-state index in [1.165, 1.54) is 36.2 Å². The highest BCUT2D eigenvalue weighted by Gasteiger charge is 2.32. The molecule has 1 aliphatic rings. The van der Waals surface area contributed by atoms with Gasteiger partial charge in [-0.1, -0.05) is 75.0 Å². The summed E-state index contributed by atoms with van der Waals surface area (Å²) in [7, 11) is 0. The van der Waals surface area contributed by atoms with Gasteiger partial charge in [0.05, 0.1) is 11.9 Å². The lowest BCUT2D eigenvalue weighted by atomic mass is 9.85. The van der Waals surface area contributed by atoms with Gasteiger partial charge in [0, 0.05) is 23.0 Å². The highest BCUT2D eigenvalue weighted by atomic mass is 32.2. The standard InChI is InChI=1S/C30H31F3N6OS/c1-20-18-41-28(39(20)26-8-6-5-7-25(26)29(2,3)4)38-37-17-21-9-11-22(12-10-21)27(34)36-19-35-23-13-15-24(16-14-23)40-30(31,32)33/h5-17,19-20H,18H2,1-4H3,(H2,34,35,36)/b37-17+,38-28-. The summed E-state index contributed by atoms with van der Waals surface area (Å²) in [6.07, 6.45) is -1.81. The zero-order chi connectivity index (χ0) is 29.6. The Bertz CT molecular complexity index is 1460. The van der Waals surface area contributed by atoms with Gasteiger partial charge >= 0.3 is 6.36 Å². The zero-order valence-corrected chi connectivity index (χ0v) is 23.9. The minimum Gasteiger partial charge on any atom is -0.406 e. The molecule has 0 spiro atoms. The molecule has 0 radical (unpaired) electrons. The molecule has 1 saturated heterocycles. The Morgan fingerprint density at radius 3 is 2.34 bits per heavy atom. The molecule has 0 aliphatic carbocycles. The number of amidine groups is 2. The SMILES string of the molecule is CC1CS/C(=N\N=C\c2ccc(C(N)=NC=Nc3ccc(OC(F)(F)F)cc3)cc2)N1c1ccccc1C(C)(C)C. The van der Waals surface area contributed by atoms with E-state index in [0.717, 1.165) is 22.2 Å². The minimum absolute atomic E-state index is 0.00263. The lowest BCUT2D eigenvalue weighted by molar-refractivity contribution is -0.274. The van der Waals surface area contributed by atoms with E-state index in [2.05, 4.69) is 81.8 Å². The van der Waals surface area contributed by atoms with E-state index >= 15 is 0 Å². The van der Waals surface area contributed by atoms with Crippen molar-refractivity contribution in [3.8, 4) is 5.75 Å². The molecular weight excluding hydrogens is 549 g/mol. The van der Waals surface area contributed by atoms with E-state index in [4.69, 9.17) is 5.73 Å². The van der Waals surface area contributed by atoms with E-state index in [1.54, 1.807) is 18.0 Å². The van der Waals surface area contributed by atoms with Gasteiger partial charge in [0.25, 0.3) is 0 Å². The molecule has 1 unspecified atom stereocenters. The Balaban J connectivity index is 1.41. The lowest BCUT2D eigenvalue weighted by Gasteiger charge is -2.30. The van der Waals surface area contributed by atoms with Gasteiger partial charge in [-0.05, 0) is 53.8 Å². The number of aliphatic imine (C=N–C) groups is 2. The van der Waals surface area contributed by atoms with Crippen molar-refractivity contribution >= 4 is 46.7 Å². The first-order chi connectivity index (χ1) is 19.4. The number of para-hydroxylation sites is 1. The molecular formula is C30H31F3N6OS. The second kappa shape index (κ2) is 12.6. The van der Waals surface area contributed by atoms with Gasteiger partial charge < -0.3 is 15.4 Å². The fourth-order valence-corrected chi connectivity index (χ4v) is 5.18. The van der Waals surface area contributed by atoms with Crippen LogP contribution >= 0.6 is 11.8 Å². The molecule has 0 aromatic heterocycles. The Morgan fingerprint density at radius 1 is 1.00 bits per heavy atom. The Morgan fingerprint density at radius 2 is 1.68 bits per heavy atom. The summed E-state index contributed by atoms with van der Waals surface area (Å²) in [6.45, 7) is 8.82. The van der Waals surface area contributed by atoms with Gasteiger partial charge in [-0.25, -0.2) is 9.98 Å². The van der Waals surface area contributed by atoms with Crippen molar-refractivity contribution in [1.82, 2.24) is 0 Å². The molecule has 3 aromatic carbocycles. The van der Waals surface area contributed by atoms with Crippen molar-refractivity contribution in [3.05, 3.63) is 89.5 Å². The molecule has 0 saturated carbocycles. The third kappa shape index (κ3) is 8.20. The van der Waals surface area contributed by atoms with E-state index < -0.39 is 6.36 Å². The molecule has 2 N–H and O–H groups in total. The Kier molecular flexibility index (Phi) is 9.17. The molecule has 214 valence electrons. The van der Waals surface area contributed by atoms with Crippen molar-refractivity contribution in [2.75, 3.05) is 10.7 Å². The Labute approximate surface area is 241 Å². The summed E-state index contributed by atoms with van der Waals surface area (Å²) in [5.41, 5.74) is 10.4. The molecule has 1 fully saturated rings. The maximum atomic E-state index is 12.3. The highest BCUT2D eigenvalue weighted by Crippen LogP contribution is 2.37. The van der Waals surface area contributed by atoms with Crippen LogP contribution in [0.2, 0.25) is 0 Å². The molecule has 1 aliphatic heterocycles. The summed E-state index contributed by atoms with van der Waals surface area (Å²) >= 11 is 1.69. The van der Waals surface area contributed by atoms with Crippen molar-refractivity contribution < 1.29 is 17.9 Å². The molecule has 0 bridgehead atoms. The van der Waals surface area contributed by atoms with Crippen LogP contribution in [0.25, 0.3) is 0 Å². The van der Waals surface area contributed by atoms with E-state index in [-0.39, 0.29) is 17.0 Å². The number of benzene rings is 3. The predicted molar refractivity (Wildman–Crippen MR) is 163 cm³/mol. The molecule has 3 aromatic rings. The first kappa shape index (κ1) is 29.9. The number of hydrogen-bond acceptors (Lipinski definition) is 5. The summed E-state index contributed by atoms with van der Waals surface area (Å²) < 4.78 is 40.7. The van der Waals surface area contributed by atoms with Crippen LogP contribution in [0.15, 0.2) is 93.0 Å². The fourth-order valence-electron chi connectivity index (χ4n) is 4.11. The van der Waals surface area contributed by atoms with Crippen molar-refractivity contribution in [2.45, 2.75) is 45.5 Å². The van der Waals surface area contributed by atoms with Gasteiger partial charge in [-0.3, -0.25) is 0 Å². The zero-order valence-electron chi connectivity index (χ0n) is 23.1. The summed E-state index contributed by atoms with van der Waals surface area (Å²) in [5.74, 6) is 0.842.